The smallest absolute Gasteiger partial charge is 0.268 e. The summed E-state index contributed by atoms with van der Waals surface area (Å²) in [5.41, 5.74) is 7.49. The molecule has 1 atom stereocenters. The number of anilines is 1. The molecule has 3 rings (SSSR count). The van der Waals surface area contributed by atoms with E-state index in [9.17, 15) is 4.79 Å². The Bertz CT molecular complexity index is 648. The van der Waals surface area contributed by atoms with Crippen LogP contribution in [0.15, 0.2) is 6.20 Å². The Morgan fingerprint density at radius 3 is 2.84 bits per heavy atom. The number of imidazole rings is 1. The van der Waals surface area contributed by atoms with Crippen LogP contribution < -0.4 is 11.1 Å². The number of H-pyrrole nitrogens is 2. The molecule has 5 N–H and O–H groups in total. The number of amides is 1. The van der Waals surface area contributed by atoms with Crippen molar-refractivity contribution in [2.45, 2.75) is 12.3 Å². The number of carbonyl (C=O) groups is 1. The number of nitrogens with one attached hydrogen (secondary N) is 3. The average Bonchev–Trinajstić information content (AvgIpc) is 2.87. The number of fused-ring (bicyclic) bond motifs is 1. The van der Waals surface area contributed by atoms with E-state index in [4.69, 9.17) is 28.9 Å². The van der Waals surface area contributed by atoms with Crippen LogP contribution >= 0.6 is 23.2 Å². The van der Waals surface area contributed by atoms with Crippen LogP contribution in [0.2, 0.25) is 10.2 Å². The molecule has 0 radical (unpaired) electrons. The quantitative estimate of drug-likeness (QED) is 0.647. The van der Waals surface area contributed by atoms with E-state index in [0.29, 0.717) is 35.2 Å². The molecule has 1 amide bonds. The summed E-state index contributed by atoms with van der Waals surface area (Å²) < 4.78 is 0. The average molecular weight is 300 g/mol. The number of carbonyl (C=O) groups excluding carboxylic acids is 1. The van der Waals surface area contributed by atoms with Crippen molar-refractivity contribution in [1.82, 2.24) is 20.3 Å². The lowest BCUT2D eigenvalue weighted by Crippen LogP contribution is -2.23. The molecule has 0 spiro atoms. The van der Waals surface area contributed by atoms with E-state index in [2.05, 4.69) is 20.3 Å². The van der Waals surface area contributed by atoms with Crippen molar-refractivity contribution in [3.05, 3.63) is 33.3 Å². The molecule has 0 fully saturated rings. The molecule has 0 bridgehead atoms. The van der Waals surface area contributed by atoms with Gasteiger partial charge in [-0.2, -0.15) is 0 Å². The van der Waals surface area contributed by atoms with Crippen molar-refractivity contribution < 1.29 is 4.79 Å². The Balaban J connectivity index is 2.16. The van der Waals surface area contributed by atoms with Crippen molar-refractivity contribution in [1.29, 1.82) is 0 Å². The second kappa shape index (κ2) is 4.47. The number of hydrogen-bond donors (Lipinski definition) is 4. The van der Waals surface area contributed by atoms with Crippen LogP contribution in [0.4, 0.5) is 5.95 Å². The van der Waals surface area contributed by atoms with E-state index in [1.807, 2.05) is 0 Å². The molecule has 19 heavy (non-hydrogen) atoms. The maximum absolute atomic E-state index is 11.9. The largest absolute Gasteiger partial charge is 0.369 e. The predicted octanol–water partition coefficient (Wildman–Crippen LogP) is 1.89. The predicted molar refractivity (Wildman–Crippen MR) is 72.6 cm³/mol. The lowest BCUT2D eigenvalue weighted by molar-refractivity contribution is 0.0951. The van der Waals surface area contributed by atoms with Crippen LogP contribution in [-0.4, -0.2) is 27.4 Å². The SMILES string of the molecule is Nc1ncc(C2CCNC(=O)c3[nH]c(Cl)c(Cl)c32)[nH]1. The first kappa shape index (κ1) is 12.4. The van der Waals surface area contributed by atoms with E-state index in [1.54, 1.807) is 6.20 Å². The minimum atomic E-state index is -0.209. The summed E-state index contributed by atoms with van der Waals surface area (Å²) in [5, 5.41) is 3.43. The monoisotopic (exact) mass is 299 g/mol. The van der Waals surface area contributed by atoms with E-state index < -0.39 is 0 Å². The third-order valence-electron chi connectivity index (χ3n) is 3.22. The Hall–Kier alpha value is -1.66. The van der Waals surface area contributed by atoms with Gasteiger partial charge in [-0.15, -0.1) is 0 Å². The first-order chi connectivity index (χ1) is 9.08. The molecule has 1 unspecified atom stereocenters. The van der Waals surface area contributed by atoms with Gasteiger partial charge in [-0.25, -0.2) is 4.98 Å². The fraction of sp³-hybridized carbons (Fsp3) is 0.273. The van der Waals surface area contributed by atoms with Crippen molar-refractivity contribution in [3.8, 4) is 0 Å². The summed E-state index contributed by atoms with van der Waals surface area (Å²) in [5.74, 6) is 0.0200. The van der Waals surface area contributed by atoms with Crippen molar-refractivity contribution >= 4 is 35.1 Å². The highest BCUT2D eigenvalue weighted by molar-refractivity contribution is 6.42. The fourth-order valence-electron chi connectivity index (χ4n) is 2.37. The number of nitrogen functional groups attached to an aromatic ring is 1. The van der Waals surface area contributed by atoms with Gasteiger partial charge in [0.2, 0.25) is 0 Å². The zero-order chi connectivity index (χ0) is 13.6. The minimum Gasteiger partial charge on any atom is -0.369 e. The first-order valence-corrected chi connectivity index (χ1v) is 6.49. The number of halogens is 2. The minimum absolute atomic E-state index is 0.102. The van der Waals surface area contributed by atoms with Gasteiger partial charge in [-0.3, -0.25) is 4.79 Å². The molecule has 3 heterocycles. The highest BCUT2D eigenvalue weighted by Crippen LogP contribution is 2.39. The molecular formula is C11H11Cl2N5O. The summed E-state index contributed by atoms with van der Waals surface area (Å²) >= 11 is 12.2. The number of hydrogen-bond acceptors (Lipinski definition) is 3. The van der Waals surface area contributed by atoms with Crippen molar-refractivity contribution in [2.75, 3.05) is 12.3 Å². The molecule has 1 aliphatic rings. The van der Waals surface area contributed by atoms with Gasteiger partial charge in [0.15, 0.2) is 5.95 Å². The van der Waals surface area contributed by atoms with Crippen LogP contribution in [-0.2, 0) is 0 Å². The number of aromatic amines is 2. The van der Waals surface area contributed by atoms with Crippen LogP contribution in [0.5, 0.6) is 0 Å². The molecule has 0 aliphatic carbocycles. The molecule has 2 aromatic rings. The zero-order valence-electron chi connectivity index (χ0n) is 9.76. The summed E-state index contributed by atoms with van der Waals surface area (Å²) in [6, 6.07) is 0. The lowest BCUT2D eigenvalue weighted by Gasteiger charge is -2.12. The number of nitrogens with two attached hydrogens (primary N) is 1. The molecule has 0 saturated carbocycles. The highest BCUT2D eigenvalue weighted by atomic mass is 35.5. The molecule has 0 aromatic carbocycles. The van der Waals surface area contributed by atoms with Gasteiger partial charge in [0.05, 0.1) is 11.2 Å². The lowest BCUT2D eigenvalue weighted by atomic mass is 9.94. The maximum Gasteiger partial charge on any atom is 0.268 e. The Morgan fingerprint density at radius 2 is 2.16 bits per heavy atom. The third-order valence-corrected chi connectivity index (χ3v) is 3.99. The van der Waals surface area contributed by atoms with E-state index >= 15 is 0 Å². The summed E-state index contributed by atoms with van der Waals surface area (Å²) in [6.45, 7) is 0.541. The standard InChI is InChI=1S/C11H11Cl2N5O/c12-7-6-4(5-3-16-11(14)17-5)1-2-15-10(19)8(6)18-9(7)13/h3-4,18H,1-2H2,(H,15,19)(H3,14,16,17). The molecule has 2 aromatic heterocycles. The topological polar surface area (TPSA) is 99.6 Å². The Labute approximate surface area is 118 Å². The molecule has 8 heteroatoms. The summed E-state index contributed by atoms with van der Waals surface area (Å²) in [4.78, 5) is 21.7. The summed E-state index contributed by atoms with van der Waals surface area (Å²) in [6.07, 6.45) is 2.34. The molecule has 1 aliphatic heterocycles. The second-order valence-electron chi connectivity index (χ2n) is 4.36. The highest BCUT2D eigenvalue weighted by Gasteiger charge is 2.31. The van der Waals surface area contributed by atoms with Crippen molar-refractivity contribution in [2.24, 2.45) is 0 Å². The van der Waals surface area contributed by atoms with Gasteiger partial charge in [-0.1, -0.05) is 23.2 Å². The van der Waals surface area contributed by atoms with Gasteiger partial charge in [-0.05, 0) is 6.42 Å². The van der Waals surface area contributed by atoms with E-state index in [-0.39, 0.29) is 17.0 Å². The van der Waals surface area contributed by atoms with Gasteiger partial charge in [0.25, 0.3) is 5.91 Å². The first-order valence-electron chi connectivity index (χ1n) is 5.73. The maximum atomic E-state index is 11.9. The van der Waals surface area contributed by atoms with Crippen LogP contribution in [0.25, 0.3) is 0 Å². The number of nitrogens with zero attached hydrogens (tertiary/aromatic N) is 1. The van der Waals surface area contributed by atoms with Gasteiger partial charge >= 0.3 is 0 Å². The number of rotatable bonds is 1. The van der Waals surface area contributed by atoms with Crippen LogP contribution in [0, 0.1) is 0 Å². The summed E-state index contributed by atoms with van der Waals surface area (Å²) in [7, 11) is 0. The van der Waals surface area contributed by atoms with Crippen LogP contribution in [0.1, 0.15) is 34.1 Å². The normalized spacial score (nSPS) is 18.8. The Morgan fingerprint density at radius 1 is 1.37 bits per heavy atom. The Kier molecular flexibility index (Phi) is 2.91. The van der Waals surface area contributed by atoms with Gasteiger partial charge in [0, 0.05) is 23.7 Å². The molecule has 6 nitrogen and oxygen atoms in total. The fourth-order valence-corrected chi connectivity index (χ4v) is 2.84. The van der Waals surface area contributed by atoms with E-state index in [0.717, 1.165) is 5.69 Å². The molecular weight excluding hydrogens is 289 g/mol. The van der Waals surface area contributed by atoms with Gasteiger partial charge < -0.3 is 21.0 Å². The third kappa shape index (κ3) is 1.97. The van der Waals surface area contributed by atoms with Gasteiger partial charge in [0.1, 0.15) is 10.8 Å². The van der Waals surface area contributed by atoms with Crippen LogP contribution in [0.3, 0.4) is 0 Å². The zero-order valence-corrected chi connectivity index (χ0v) is 11.3. The van der Waals surface area contributed by atoms with Crippen molar-refractivity contribution in [3.63, 3.8) is 0 Å². The molecule has 0 saturated heterocycles. The number of aromatic nitrogens is 3. The van der Waals surface area contributed by atoms with E-state index in [1.165, 1.54) is 0 Å². The second-order valence-corrected chi connectivity index (χ2v) is 5.12. The molecule has 100 valence electrons.